The molecule has 27 heavy (non-hydrogen) atoms. The quantitative estimate of drug-likeness (QED) is 0.585. The van der Waals surface area contributed by atoms with Crippen molar-refractivity contribution in [3.05, 3.63) is 65.9 Å². The fraction of sp³-hybridized carbons (Fsp3) is 0.143. The molecule has 2 aromatic heterocycles. The van der Waals surface area contributed by atoms with Crippen molar-refractivity contribution in [2.24, 2.45) is 7.05 Å². The van der Waals surface area contributed by atoms with Gasteiger partial charge in [-0.3, -0.25) is 9.48 Å². The minimum atomic E-state index is -0.321. The molecule has 4 rings (SSSR count). The van der Waals surface area contributed by atoms with Gasteiger partial charge in [-0.05, 0) is 37.3 Å². The first-order valence-corrected chi connectivity index (χ1v) is 8.54. The number of hydrogen-bond donors (Lipinski definition) is 1. The molecule has 0 bridgehead atoms. The van der Waals surface area contributed by atoms with Gasteiger partial charge in [0, 0.05) is 24.1 Å². The first-order valence-electron chi connectivity index (χ1n) is 8.54. The number of furan rings is 1. The molecular weight excluding hydrogens is 342 g/mol. The van der Waals surface area contributed by atoms with E-state index in [0.29, 0.717) is 17.1 Å². The van der Waals surface area contributed by atoms with E-state index in [1.54, 1.807) is 24.9 Å². The molecule has 136 valence electrons. The van der Waals surface area contributed by atoms with Crippen LogP contribution >= 0.6 is 0 Å². The molecule has 0 fully saturated rings. The van der Waals surface area contributed by atoms with Crippen LogP contribution < -0.4 is 10.1 Å². The van der Waals surface area contributed by atoms with Gasteiger partial charge in [-0.25, -0.2) is 0 Å². The van der Waals surface area contributed by atoms with Crippen molar-refractivity contribution in [2.75, 3.05) is 12.4 Å². The van der Waals surface area contributed by atoms with Gasteiger partial charge in [0.25, 0.3) is 5.91 Å². The lowest BCUT2D eigenvalue weighted by Crippen LogP contribution is -2.13. The number of hydrogen-bond acceptors (Lipinski definition) is 4. The molecule has 6 nitrogen and oxygen atoms in total. The maximum absolute atomic E-state index is 12.6. The summed E-state index contributed by atoms with van der Waals surface area (Å²) in [7, 11) is 3.39. The molecule has 0 radical (unpaired) electrons. The van der Waals surface area contributed by atoms with Crippen LogP contribution in [0.2, 0.25) is 0 Å². The Kier molecular flexibility index (Phi) is 4.16. The lowest BCUT2D eigenvalue weighted by Gasteiger charge is -2.04. The van der Waals surface area contributed by atoms with Crippen LogP contribution in [0, 0.1) is 6.92 Å². The van der Waals surface area contributed by atoms with Crippen molar-refractivity contribution in [1.29, 1.82) is 0 Å². The molecule has 0 saturated heterocycles. The monoisotopic (exact) mass is 361 g/mol. The molecule has 0 saturated carbocycles. The second-order valence-electron chi connectivity index (χ2n) is 6.34. The average molecular weight is 361 g/mol. The van der Waals surface area contributed by atoms with E-state index in [1.807, 2.05) is 55.5 Å². The normalized spacial score (nSPS) is 10.9. The Morgan fingerprint density at radius 3 is 2.78 bits per heavy atom. The van der Waals surface area contributed by atoms with E-state index in [2.05, 4.69) is 10.4 Å². The van der Waals surface area contributed by atoms with Crippen LogP contribution in [0.15, 0.2) is 59.0 Å². The number of carbonyl (C=O) groups excluding carboxylic acids is 1. The molecule has 0 atom stereocenters. The third-order valence-corrected chi connectivity index (χ3v) is 4.40. The van der Waals surface area contributed by atoms with E-state index in [0.717, 1.165) is 22.3 Å². The highest BCUT2D eigenvalue weighted by molar-refractivity contribution is 6.04. The molecule has 1 N–H and O–H groups in total. The Labute approximate surface area is 156 Å². The van der Waals surface area contributed by atoms with Crippen LogP contribution in [-0.2, 0) is 7.05 Å². The van der Waals surface area contributed by atoms with Crippen molar-refractivity contribution in [3.63, 3.8) is 0 Å². The van der Waals surface area contributed by atoms with Gasteiger partial charge < -0.3 is 14.5 Å². The molecule has 0 spiro atoms. The lowest BCUT2D eigenvalue weighted by molar-refractivity contribution is 0.0998. The molecule has 0 aliphatic carbocycles. The summed E-state index contributed by atoms with van der Waals surface area (Å²) >= 11 is 0. The zero-order chi connectivity index (χ0) is 19.0. The third-order valence-electron chi connectivity index (χ3n) is 4.40. The van der Waals surface area contributed by atoms with Crippen molar-refractivity contribution < 1.29 is 13.9 Å². The minimum absolute atomic E-state index is 0.260. The smallest absolute Gasteiger partial charge is 0.292 e. The molecule has 2 aromatic carbocycles. The molecule has 4 aromatic rings. The van der Waals surface area contributed by atoms with E-state index < -0.39 is 0 Å². The average Bonchev–Trinajstić information content (AvgIpc) is 3.25. The molecule has 6 heteroatoms. The first kappa shape index (κ1) is 16.9. The predicted octanol–water partition coefficient (Wildman–Crippen LogP) is 4.40. The Bertz CT molecular complexity index is 1140. The van der Waals surface area contributed by atoms with E-state index in [4.69, 9.17) is 9.15 Å². The van der Waals surface area contributed by atoms with Crippen molar-refractivity contribution in [3.8, 4) is 17.0 Å². The minimum Gasteiger partial charge on any atom is -0.496 e. The standard InChI is InChI=1S/C21H19N3O3/c1-13-8-9-17-14(10-13)11-19(27-17)21(25)22-20-12-16(23-24(20)2)15-6-4-5-7-18(15)26-3/h4-12H,1-3H3,(H,22,25). The molecule has 0 unspecified atom stereocenters. The molecule has 1 amide bonds. The van der Waals surface area contributed by atoms with Crippen LogP contribution in [0.3, 0.4) is 0 Å². The maximum Gasteiger partial charge on any atom is 0.292 e. The fourth-order valence-electron chi connectivity index (χ4n) is 3.02. The highest BCUT2D eigenvalue weighted by atomic mass is 16.5. The van der Waals surface area contributed by atoms with Crippen LogP contribution in [0.5, 0.6) is 5.75 Å². The zero-order valence-electron chi connectivity index (χ0n) is 15.3. The summed E-state index contributed by atoms with van der Waals surface area (Å²) in [4.78, 5) is 12.6. The second kappa shape index (κ2) is 6.64. The summed E-state index contributed by atoms with van der Waals surface area (Å²) in [5.41, 5.74) is 3.37. The van der Waals surface area contributed by atoms with E-state index in [-0.39, 0.29) is 11.7 Å². The number of aryl methyl sites for hydroxylation is 2. The number of carbonyl (C=O) groups is 1. The van der Waals surface area contributed by atoms with Crippen LogP contribution in [0.1, 0.15) is 16.1 Å². The van der Waals surface area contributed by atoms with E-state index >= 15 is 0 Å². The van der Waals surface area contributed by atoms with Crippen molar-refractivity contribution >= 4 is 22.7 Å². The zero-order valence-corrected chi connectivity index (χ0v) is 15.3. The van der Waals surface area contributed by atoms with Crippen LogP contribution in [-0.4, -0.2) is 22.8 Å². The highest BCUT2D eigenvalue weighted by Gasteiger charge is 2.17. The van der Waals surface area contributed by atoms with E-state index in [9.17, 15) is 4.79 Å². The van der Waals surface area contributed by atoms with Gasteiger partial charge in [-0.1, -0.05) is 23.8 Å². The largest absolute Gasteiger partial charge is 0.496 e. The van der Waals surface area contributed by atoms with Gasteiger partial charge in [-0.2, -0.15) is 5.10 Å². The third kappa shape index (κ3) is 3.17. The number of aromatic nitrogens is 2. The summed E-state index contributed by atoms with van der Waals surface area (Å²) < 4.78 is 12.7. The summed E-state index contributed by atoms with van der Waals surface area (Å²) in [6.07, 6.45) is 0. The van der Waals surface area contributed by atoms with Gasteiger partial charge in [0.1, 0.15) is 17.2 Å². The molecule has 0 aliphatic rings. The number of rotatable bonds is 4. The first-order chi connectivity index (χ1) is 13.0. The second-order valence-corrected chi connectivity index (χ2v) is 6.34. The molecular formula is C21H19N3O3. The number of methoxy groups -OCH3 is 1. The topological polar surface area (TPSA) is 69.3 Å². The van der Waals surface area contributed by atoms with Crippen LogP contribution in [0.4, 0.5) is 5.82 Å². The van der Waals surface area contributed by atoms with Gasteiger partial charge in [0.05, 0.1) is 12.8 Å². The summed E-state index contributed by atoms with van der Waals surface area (Å²) in [6, 6.07) is 17.0. The summed E-state index contributed by atoms with van der Waals surface area (Å²) in [5, 5.41) is 8.24. The number of nitrogens with one attached hydrogen (secondary N) is 1. The van der Waals surface area contributed by atoms with Crippen molar-refractivity contribution in [1.82, 2.24) is 9.78 Å². The number of para-hydroxylation sites is 1. The van der Waals surface area contributed by atoms with Gasteiger partial charge >= 0.3 is 0 Å². The SMILES string of the molecule is COc1ccccc1-c1cc(NC(=O)c2cc3cc(C)ccc3o2)n(C)n1. The Hall–Kier alpha value is -3.54. The molecule has 2 heterocycles. The summed E-state index contributed by atoms with van der Waals surface area (Å²) in [6.45, 7) is 2.00. The van der Waals surface area contributed by atoms with Gasteiger partial charge in [0.2, 0.25) is 0 Å². The number of benzene rings is 2. The summed E-state index contributed by atoms with van der Waals surface area (Å²) in [5.74, 6) is 1.23. The number of nitrogens with zero attached hydrogens (tertiary/aromatic N) is 2. The lowest BCUT2D eigenvalue weighted by atomic mass is 10.1. The van der Waals surface area contributed by atoms with Gasteiger partial charge in [-0.15, -0.1) is 0 Å². The number of amides is 1. The van der Waals surface area contributed by atoms with Crippen molar-refractivity contribution in [2.45, 2.75) is 6.92 Å². The van der Waals surface area contributed by atoms with Crippen LogP contribution in [0.25, 0.3) is 22.2 Å². The predicted molar refractivity (Wildman–Crippen MR) is 104 cm³/mol. The number of anilines is 1. The molecule has 0 aliphatic heterocycles. The fourth-order valence-corrected chi connectivity index (χ4v) is 3.02. The maximum atomic E-state index is 12.6. The Morgan fingerprint density at radius 1 is 1.15 bits per heavy atom. The van der Waals surface area contributed by atoms with E-state index in [1.165, 1.54) is 0 Å². The van der Waals surface area contributed by atoms with Gasteiger partial charge in [0.15, 0.2) is 5.76 Å². The Morgan fingerprint density at radius 2 is 1.96 bits per heavy atom. The number of fused-ring (bicyclic) bond motifs is 1. The Balaban J connectivity index is 1.62. The highest BCUT2D eigenvalue weighted by Crippen LogP contribution is 2.30. The number of ether oxygens (including phenoxy) is 1.